The molecule has 94 valence electrons. The molecule has 0 bridgehead atoms. The van der Waals surface area contributed by atoms with Gasteiger partial charge in [-0.05, 0) is 26.2 Å². The van der Waals surface area contributed by atoms with E-state index in [1.54, 1.807) is 6.92 Å². The molecule has 1 aliphatic heterocycles. The zero-order chi connectivity index (χ0) is 12.6. The van der Waals surface area contributed by atoms with Crippen LogP contribution in [0.4, 0.5) is 0 Å². The van der Waals surface area contributed by atoms with E-state index in [0.717, 1.165) is 6.42 Å². The third-order valence-electron chi connectivity index (χ3n) is 4.03. The number of carbonyl (C=O) groups excluding carboxylic acids is 2. The molecule has 2 amide bonds. The first-order chi connectivity index (χ1) is 7.97. The highest BCUT2D eigenvalue weighted by Crippen LogP contribution is 2.42. The third-order valence-corrected chi connectivity index (χ3v) is 4.03. The first-order valence-corrected chi connectivity index (χ1v) is 6.05. The fourth-order valence-corrected chi connectivity index (χ4v) is 2.93. The molecule has 2 rings (SSSR count). The van der Waals surface area contributed by atoms with Crippen LogP contribution in [0.25, 0.3) is 0 Å². The molecule has 2 atom stereocenters. The Kier molecular flexibility index (Phi) is 2.93. The van der Waals surface area contributed by atoms with Crippen LogP contribution in [0, 0.1) is 5.41 Å². The lowest BCUT2D eigenvalue weighted by Gasteiger charge is -2.37. The zero-order valence-corrected chi connectivity index (χ0v) is 9.94. The van der Waals surface area contributed by atoms with Gasteiger partial charge in [-0.2, -0.15) is 0 Å². The van der Waals surface area contributed by atoms with E-state index < -0.39 is 17.4 Å². The molecule has 2 aliphatic rings. The maximum Gasteiger partial charge on any atom is 0.311 e. The number of carboxylic acids is 1. The average Bonchev–Trinajstić information content (AvgIpc) is 2.62. The monoisotopic (exact) mass is 239 g/mol. The first kappa shape index (κ1) is 12.1. The number of rotatable bonds is 2. The third kappa shape index (κ3) is 1.83. The number of aliphatic carboxylic acids is 1. The Hall–Kier alpha value is -1.39. The second-order valence-corrected chi connectivity index (χ2v) is 5.14. The standard InChI is InChI=1S/C12H17NO4/c1-12(11(16)17)7-3-4-8(12)13-9(14)5-2-6-10(13)15/h8H,2-7H2,1H3,(H,16,17). The van der Waals surface area contributed by atoms with Crippen LogP contribution in [0.3, 0.4) is 0 Å². The molecular formula is C12H17NO4. The van der Waals surface area contributed by atoms with Crippen LogP contribution < -0.4 is 0 Å². The molecule has 2 fully saturated rings. The van der Waals surface area contributed by atoms with Gasteiger partial charge in [-0.3, -0.25) is 19.3 Å². The number of carbonyl (C=O) groups is 3. The fourth-order valence-electron chi connectivity index (χ4n) is 2.93. The lowest BCUT2D eigenvalue weighted by molar-refractivity contribution is -0.159. The Morgan fingerprint density at radius 2 is 1.88 bits per heavy atom. The SMILES string of the molecule is CC1(C(=O)O)CCCC1N1C(=O)CCCC1=O. The van der Waals surface area contributed by atoms with E-state index in [1.165, 1.54) is 4.90 Å². The average molecular weight is 239 g/mol. The number of hydrogen-bond acceptors (Lipinski definition) is 3. The van der Waals surface area contributed by atoms with Crippen LogP contribution in [0.2, 0.25) is 0 Å². The highest BCUT2D eigenvalue weighted by Gasteiger charge is 2.51. The maximum atomic E-state index is 11.8. The molecule has 0 spiro atoms. The number of nitrogens with zero attached hydrogens (tertiary/aromatic N) is 1. The molecule has 1 saturated heterocycles. The Labute approximate surface area is 99.8 Å². The van der Waals surface area contributed by atoms with Crippen LogP contribution in [-0.4, -0.2) is 33.8 Å². The van der Waals surface area contributed by atoms with Crippen molar-refractivity contribution in [3.8, 4) is 0 Å². The van der Waals surface area contributed by atoms with E-state index >= 15 is 0 Å². The van der Waals surface area contributed by atoms with Crippen molar-refractivity contribution >= 4 is 17.8 Å². The fraction of sp³-hybridized carbons (Fsp3) is 0.750. The summed E-state index contributed by atoms with van der Waals surface area (Å²) in [5, 5.41) is 9.30. The molecule has 0 radical (unpaired) electrons. The molecule has 5 heteroatoms. The Morgan fingerprint density at radius 3 is 2.41 bits per heavy atom. The summed E-state index contributed by atoms with van der Waals surface area (Å²) < 4.78 is 0. The lowest BCUT2D eigenvalue weighted by atomic mass is 9.83. The minimum absolute atomic E-state index is 0.208. The van der Waals surface area contributed by atoms with Gasteiger partial charge in [0.15, 0.2) is 0 Å². The molecule has 17 heavy (non-hydrogen) atoms. The highest BCUT2D eigenvalue weighted by molar-refractivity contribution is 5.98. The van der Waals surface area contributed by atoms with Crippen LogP contribution in [0.1, 0.15) is 45.4 Å². The molecular weight excluding hydrogens is 222 g/mol. The molecule has 1 heterocycles. The second kappa shape index (κ2) is 4.13. The molecule has 2 unspecified atom stereocenters. The number of amides is 2. The number of imide groups is 1. The first-order valence-electron chi connectivity index (χ1n) is 6.05. The predicted octanol–water partition coefficient (Wildman–Crippen LogP) is 1.17. The summed E-state index contributed by atoms with van der Waals surface area (Å²) in [5.74, 6) is -1.33. The number of carboxylic acid groups (broad SMARTS) is 1. The van der Waals surface area contributed by atoms with Crippen LogP contribution in [0.5, 0.6) is 0 Å². The van der Waals surface area contributed by atoms with Crippen molar-refractivity contribution in [1.29, 1.82) is 0 Å². The van der Waals surface area contributed by atoms with Crippen LogP contribution >= 0.6 is 0 Å². The molecule has 0 aromatic heterocycles. The molecule has 1 N–H and O–H groups in total. The van der Waals surface area contributed by atoms with Crippen molar-refractivity contribution in [2.24, 2.45) is 5.41 Å². The van der Waals surface area contributed by atoms with Crippen molar-refractivity contribution in [2.45, 2.75) is 51.5 Å². The van der Waals surface area contributed by atoms with Crippen molar-refractivity contribution in [3.05, 3.63) is 0 Å². The molecule has 0 aromatic carbocycles. The number of hydrogen-bond donors (Lipinski definition) is 1. The lowest BCUT2D eigenvalue weighted by Crippen LogP contribution is -2.53. The molecule has 5 nitrogen and oxygen atoms in total. The maximum absolute atomic E-state index is 11.8. The molecule has 0 aromatic rings. The van der Waals surface area contributed by atoms with Crippen LogP contribution in [-0.2, 0) is 14.4 Å². The summed E-state index contributed by atoms with van der Waals surface area (Å²) in [6.07, 6.45) is 3.20. The zero-order valence-electron chi connectivity index (χ0n) is 9.94. The normalized spacial score (nSPS) is 34.2. The van der Waals surface area contributed by atoms with E-state index in [2.05, 4.69) is 0 Å². The summed E-state index contributed by atoms with van der Waals surface area (Å²) in [6, 6.07) is -0.458. The van der Waals surface area contributed by atoms with E-state index in [9.17, 15) is 19.5 Å². The molecule has 1 aliphatic carbocycles. The van der Waals surface area contributed by atoms with Gasteiger partial charge in [-0.25, -0.2) is 0 Å². The van der Waals surface area contributed by atoms with E-state index in [1.807, 2.05) is 0 Å². The number of piperidine rings is 1. The second-order valence-electron chi connectivity index (χ2n) is 5.14. The quantitative estimate of drug-likeness (QED) is 0.734. The van der Waals surface area contributed by atoms with Gasteiger partial charge in [0, 0.05) is 12.8 Å². The Balaban J connectivity index is 2.29. The van der Waals surface area contributed by atoms with Crippen molar-refractivity contribution in [1.82, 2.24) is 4.90 Å². The van der Waals surface area contributed by atoms with E-state index in [4.69, 9.17) is 0 Å². The highest BCUT2D eigenvalue weighted by atomic mass is 16.4. The predicted molar refractivity (Wildman–Crippen MR) is 59.1 cm³/mol. The van der Waals surface area contributed by atoms with Gasteiger partial charge >= 0.3 is 5.97 Å². The van der Waals surface area contributed by atoms with Crippen molar-refractivity contribution in [3.63, 3.8) is 0 Å². The van der Waals surface area contributed by atoms with Crippen molar-refractivity contribution < 1.29 is 19.5 Å². The topological polar surface area (TPSA) is 74.7 Å². The van der Waals surface area contributed by atoms with E-state index in [0.29, 0.717) is 32.1 Å². The van der Waals surface area contributed by atoms with Gasteiger partial charge in [-0.15, -0.1) is 0 Å². The summed E-state index contributed by atoms with van der Waals surface area (Å²) in [7, 11) is 0. The van der Waals surface area contributed by atoms with Gasteiger partial charge in [0.1, 0.15) is 0 Å². The summed E-state index contributed by atoms with van der Waals surface area (Å²) in [6.45, 7) is 1.64. The van der Waals surface area contributed by atoms with Crippen molar-refractivity contribution in [2.75, 3.05) is 0 Å². The van der Waals surface area contributed by atoms with Gasteiger partial charge in [0.2, 0.25) is 11.8 Å². The van der Waals surface area contributed by atoms with E-state index in [-0.39, 0.29) is 11.8 Å². The largest absolute Gasteiger partial charge is 0.481 e. The Morgan fingerprint density at radius 1 is 1.29 bits per heavy atom. The van der Waals surface area contributed by atoms with Gasteiger partial charge in [0.05, 0.1) is 11.5 Å². The summed E-state index contributed by atoms with van der Waals surface area (Å²) in [5.41, 5.74) is -0.970. The minimum Gasteiger partial charge on any atom is -0.481 e. The van der Waals surface area contributed by atoms with Gasteiger partial charge in [-0.1, -0.05) is 6.42 Å². The van der Waals surface area contributed by atoms with Gasteiger partial charge in [0.25, 0.3) is 0 Å². The Bertz CT molecular complexity index is 363. The summed E-state index contributed by atoms with van der Waals surface area (Å²) >= 11 is 0. The minimum atomic E-state index is -0.970. The smallest absolute Gasteiger partial charge is 0.311 e. The number of likely N-dealkylation sites (tertiary alicyclic amines) is 1. The van der Waals surface area contributed by atoms with Gasteiger partial charge < -0.3 is 5.11 Å². The van der Waals surface area contributed by atoms with Crippen LogP contribution in [0.15, 0.2) is 0 Å². The molecule has 1 saturated carbocycles. The summed E-state index contributed by atoms with van der Waals surface area (Å²) in [4.78, 5) is 36.2.